The molecule has 0 unspecified atom stereocenters. The predicted octanol–water partition coefficient (Wildman–Crippen LogP) is 2.31. The Morgan fingerprint density at radius 2 is 2.00 bits per heavy atom. The Morgan fingerprint density at radius 3 is 2.65 bits per heavy atom. The number of ether oxygens (including phenoxy) is 1. The third-order valence-electron chi connectivity index (χ3n) is 3.06. The number of amides is 1. The summed E-state index contributed by atoms with van der Waals surface area (Å²) in [5, 5.41) is 6.71. The predicted molar refractivity (Wildman–Crippen MR) is 88.7 cm³/mol. The number of benzene rings is 1. The van der Waals surface area contributed by atoms with Gasteiger partial charge in [-0.05, 0) is 30.7 Å². The Balaban J connectivity index is 2.12. The van der Waals surface area contributed by atoms with Crippen molar-refractivity contribution in [3.8, 4) is 5.69 Å². The van der Waals surface area contributed by atoms with E-state index in [2.05, 4.69) is 10.4 Å². The molecule has 0 saturated heterocycles. The summed E-state index contributed by atoms with van der Waals surface area (Å²) in [6.07, 6.45) is 2.03. The van der Waals surface area contributed by atoms with Gasteiger partial charge in [0.05, 0.1) is 16.9 Å². The van der Waals surface area contributed by atoms with Crippen molar-refractivity contribution in [2.24, 2.45) is 0 Å². The van der Waals surface area contributed by atoms with Crippen molar-refractivity contribution in [1.29, 1.82) is 0 Å². The van der Waals surface area contributed by atoms with Gasteiger partial charge in [0, 0.05) is 25.8 Å². The van der Waals surface area contributed by atoms with E-state index in [-0.39, 0.29) is 16.0 Å². The van der Waals surface area contributed by atoms with Crippen molar-refractivity contribution in [3.05, 3.63) is 56.4 Å². The molecule has 0 aliphatic rings. The Morgan fingerprint density at radius 1 is 1.30 bits per heavy atom. The summed E-state index contributed by atoms with van der Waals surface area (Å²) in [5.74, 6) is -0.193. The number of hydrogen-bond acceptors (Lipinski definition) is 4. The molecule has 0 aliphatic carbocycles. The van der Waals surface area contributed by atoms with Gasteiger partial charge in [0.1, 0.15) is 5.02 Å². The van der Waals surface area contributed by atoms with Gasteiger partial charge in [-0.1, -0.05) is 23.2 Å². The van der Waals surface area contributed by atoms with Gasteiger partial charge in [-0.2, -0.15) is 9.78 Å². The molecule has 1 heterocycles. The Kier molecular flexibility index (Phi) is 6.15. The maximum absolute atomic E-state index is 12.0. The molecule has 1 N–H and O–H groups in total. The summed E-state index contributed by atoms with van der Waals surface area (Å²) in [4.78, 5) is 24.0. The molecule has 122 valence electrons. The minimum absolute atomic E-state index is 0.0957. The number of nitrogens with one attached hydrogen (secondary N) is 1. The lowest BCUT2D eigenvalue weighted by molar-refractivity contribution is 0.0948. The second-order valence-electron chi connectivity index (χ2n) is 4.67. The number of carbonyl (C=O) groups is 1. The number of halogens is 2. The molecular formula is C15H15Cl2N3O3. The van der Waals surface area contributed by atoms with Crippen molar-refractivity contribution >= 4 is 29.1 Å². The highest BCUT2D eigenvalue weighted by atomic mass is 35.5. The van der Waals surface area contributed by atoms with Crippen LogP contribution in [0.4, 0.5) is 0 Å². The molecule has 1 amide bonds. The summed E-state index contributed by atoms with van der Waals surface area (Å²) in [6.45, 7) is 1.12. The smallest absolute Gasteiger partial charge is 0.291 e. The van der Waals surface area contributed by atoms with Gasteiger partial charge in [0.15, 0.2) is 0 Å². The molecule has 6 nitrogen and oxygen atoms in total. The Bertz CT molecular complexity index is 745. The van der Waals surface area contributed by atoms with E-state index in [0.29, 0.717) is 24.4 Å². The van der Waals surface area contributed by atoms with Crippen molar-refractivity contribution in [2.45, 2.75) is 6.42 Å². The van der Waals surface area contributed by atoms with Crippen LogP contribution >= 0.6 is 23.2 Å². The molecule has 0 fully saturated rings. The van der Waals surface area contributed by atoms with Crippen LogP contribution in [0.15, 0.2) is 35.3 Å². The minimum Gasteiger partial charge on any atom is -0.385 e. The molecule has 0 spiro atoms. The zero-order chi connectivity index (χ0) is 16.8. The molecule has 0 bridgehead atoms. The first-order chi connectivity index (χ1) is 11.0. The quantitative estimate of drug-likeness (QED) is 0.807. The minimum atomic E-state index is -0.518. The largest absolute Gasteiger partial charge is 0.385 e. The fraction of sp³-hybridized carbons (Fsp3) is 0.267. The van der Waals surface area contributed by atoms with E-state index in [0.717, 1.165) is 11.1 Å². The van der Waals surface area contributed by atoms with Gasteiger partial charge >= 0.3 is 0 Å². The molecule has 1 aromatic carbocycles. The number of methoxy groups -OCH3 is 1. The molecule has 2 aromatic rings. The lowest BCUT2D eigenvalue weighted by Crippen LogP contribution is -2.25. The number of aromatic nitrogens is 2. The van der Waals surface area contributed by atoms with Gasteiger partial charge in [0.2, 0.25) is 0 Å². The van der Waals surface area contributed by atoms with E-state index < -0.39 is 5.56 Å². The first-order valence-corrected chi connectivity index (χ1v) is 7.61. The summed E-state index contributed by atoms with van der Waals surface area (Å²) >= 11 is 11.6. The van der Waals surface area contributed by atoms with Gasteiger partial charge < -0.3 is 10.1 Å². The summed E-state index contributed by atoms with van der Waals surface area (Å²) in [7, 11) is 1.61. The highest BCUT2D eigenvalue weighted by Crippen LogP contribution is 2.16. The summed E-state index contributed by atoms with van der Waals surface area (Å²) < 4.78 is 6.03. The van der Waals surface area contributed by atoms with E-state index >= 15 is 0 Å². The average Bonchev–Trinajstić information content (AvgIpc) is 2.57. The standard InChI is InChI=1S/C15H15Cl2N3O3/c1-23-8-2-7-18-14(21)10-3-5-11(6-4-10)20-15(22)13(17)12(16)9-19-20/h3-6,9H,2,7-8H2,1H3,(H,18,21). The molecule has 0 aliphatic heterocycles. The van der Waals surface area contributed by atoms with Crippen LogP contribution in [0.3, 0.4) is 0 Å². The van der Waals surface area contributed by atoms with Crippen LogP contribution in [0.2, 0.25) is 10.0 Å². The number of hydrogen-bond donors (Lipinski definition) is 1. The second-order valence-corrected chi connectivity index (χ2v) is 5.46. The number of carbonyl (C=O) groups excluding carboxylic acids is 1. The molecule has 23 heavy (non-hydrogen) atoms. The van der Waals surface area contributed by atoms with Crippen LogP contribution in [-0.2, 0) is 4.74 Å². The van der Waals surface area contributed by atoms with E-state index in [1.807, 2.05) is 0 Å². The molecular weight excluding hydrogens is 341 g/mol. The molecule has 0 radical (unpaired) electrons. The average molecular weight is 356 g/mol. The third-order valence-corrected chi connectivity index (χ3v) is 3.81. The zero-order valence-electron chi connectivity index (χ0n) is 12.4. The Labute approximate surface area is 143 Å². The van der Waals surface area contributed by atoms with E-state index in [1.54, 1.807) is 31.4 Å². The van der Waals surface area contributed by atoms with Crippen LogP contribution in [0.25, 0.3) is 5.69 Å². The molecule has 1 aromatic heterocycles. The first-order valence-electron chi connectivity index (χ1n) is 6.85. The zero-order valence-corrected chi connectivity index (χ0v) is 13.9. The van der Waals surface area contributed by atoms with Crippen molar-refractivity contribution in [2.75, 3.05) is 20.3 Å². The van der Waals surface area contributed by atoms with E-state index in [9.17, 15) is 9.59 Å². The maximum Gasteiger partial charge on any atom is 0.291 e. The summed E-state index contributed by atoms with van der Waals surface area (Å²) in [6, 6.07) is 6.45. The Hall–Kier alpha value is -1.89. The lowest BCUT2D eigenvalue weighted by atomic mass is 10.2. The van der Waals surface area contributed by atoms with Crippen molar-refractivity contribution in [3.63, 3.8) is 0 Å². The van der Waals surface area contributed by atoms with Gasteiger partial charge in [-0.15, -0.1) is 0 Å². The highest BCUT2D eigenvalue weighted by molar-refractivity contribution is 6.41. The van der Waals surface area contributed by atoms with Crippen LogP contribution < -0.4 is 10.9 Å². The SMILES string of the molecule is COCCCNC(=O)c1ccc(-n2ncc(Cl)c(Cl)c2=O)cc1. The molecule has 8 heteroatoms. The maximum atomic E-state index is 12.0. The number of nitrogens with zero attached hydrogens (tertiary/aromatic N) is 2. The molecule has 0 saturated carbocycles. The fourth-order valence-corrected chi connectivity index (χ4v) is 2.12. The van der Waals surface area contributed by atoms with Crippen molar-refractivity contribution < 1.29 is 9.53 Å². The second kappa shape index (κ2) is 8.10. The summed E-state index contributed by atoms with van der Waals surface area (Å²) in [5.41, 5.74) is 0.458. The van der Waals surface area contributed by atoms with Crippen LogP contribution in [-0.4, -0.2) is 35.9 Å². The lowest BCUT2D eigenvalue weighted by Gasteiger charge is -2.07. The van der Waals surface area contributed by atoms with Crippen LogP contribution in [0, 0.1) is 0 Å². The normalized spacial score (nSPS) is 10.6. The molecule has 0 atom stereocenters. The fourth-order valence-electron chi connectivity index (χ4n) is 1.87. The topological polar surface area (TPSA) is 73.2 Å². The van der Waals surface area contributed by atoms with Crippen LogP contribution in [0.1, 0.15) is 16.8 Å². The van der Waals surface area contributed by atoms with Crippen LogP contribution in [0.5, 0.6) is 0 Å². The highest BCUT2D eigenvalue weighted by Gasteiger charge is 2.10. The molecule has 2 rings (SSSR count). The van der Waals surface area contributed by atoms with E-state index in [1.165, 1.54) is 6.20 Å². The van der Waals surface area contributed by atoms with E-state index in [4.69, 9.17) is 27.9 Å². The van der Waals surface area contributed by atoms with Gasteiger partial charge in [-0.25, -0.2) is 0 Å². The third kappa shape index (κ3) is 4.31. The first kappa shape index (κ1) is 17.5. The monoisotopic (exact) mass is 355 g/mol. The van der Waals surface area contributed by atoms with Gasteiger partial charge in [0.25, 0.3) is 11.5 Å². The van der Waals surface area contributed by atoms with Crippen molar-refractivity contribution in [1.82, 2.24) is 15.1 Å². The number of rotatable bonds is 6. The van der Waals surface area contributed by atoms with Gasteiger partial charge in [-0.3, -0.25) is 9.59 Å².